The standard InChI is InChI=1S/C13H11FO2S.Cl2O2S/c1-10-2-6-12(7-3-10)17(15,16)13-8-4-11(14)5-9-13;1-5(2,3)4/h2-9H,1H3;. The Balaban J connectivity index is 0.000000422. The maximum absolute atomic E-state index is 12.7. The fourth-order valence-corrected chi connectivity index (χ4v) is 2.73. The molecule has 0 N–H and O–H groups in total. The normalized spacial score (nSPS) is 11.5. The van der Waals surface area contributed by atoms with E-state index in [0.717, 1.165) is 17.7 Å². The van der Waals surface area contributed by atoms with E-state index in [1.807, 2.05) is 6.92 Å². The van der Waals surface area contributed by atoms with Gasteiger partial charge in [0, 0.05) is 21.4 Å². The van der Waals surface area contributed by atoms with E-state index in [1.165, 1.54) is 12.1 Å². The first-order chi connectivity index (χ1) is 10.00. The summed E-state index contributed by atoms with van der Waals surface area (Å²) in [6.45, 7) is 1.88. The summed E-state index contributed by atoms with van der Waals surface area (Å²) in [6.07, 6.45) is 0. The largest absolute Gasteiger partial charge is 0.317 e. The Morgan fingerprint density at radius 3 is 1.45 bits per heavy atom. The van der Waals surface area contributed by atoms with Gasteiger partial charge in [0.1, 0.15) is 5.82 Å². The van der Waals surface area contributed by atoms with Gasteiger partial charge in [-0.15, -0.1) is 0 Å². The molecule has 22 heavy (non-hydrogen) atoms. The molecule has 2 aromatic carbocycles. The van der Waals surface area contributed by atoms with Gasteiger partial charge >= 0.3 is 8.26 Å². The van der Waals surface area contributed by atoms with Crippen LogP contribution < -0.4 is 0 Å². The molecular formula is C13H11Cl2FO4S2. The smallest absolute Gasteiger partial charge is 0.219 e. The van der Waals surface area contributed by atoms with Crippen LogP contribution in [0.3, 0.4) is 0 Å². The van der Waals surface area contributed by atoms with Crippen molar-refractivity contribution in [3.8, 4) is 0 Å². The molecule has 2 aromatic rings. The molecule has 0 bridgehead atoms. The van der Waals surface area contributed by atoms with Gasteiger partial charge in [-0.05, 0) is 43.3 Å². The second-order valence-corrected chi connectivity index (χ2v) is 9.77. The van der Waals surface area contributed by atoms with Crippen molar-refractivity contribution in [2.75, 3.05) is 0 Å². The third-order valence-electron chi connectivity index (χ3n) is 2.46. The van der Waals surface area contributed by atoms with Crippen molar-refractivity contribution in [3.63, 3.8) is 0 Å². The molecule has 0 amide bonds. The highest BCUT2D eigenvalue weighted by Gasteiger charge is 2.16. The minimum absolute atomic E-state index is 0.0998. The molecule has 0 fully saturated rings. The number of benzene rings is 2. The van der Waals surface area contributed by atoms with Crippen LogP contribution >= 0.6 is 21.4 Å². The molecule has 0 heterocycles. The van der Waals surface area contributed by atoms with Crippen LogP contribution in [0.15, 0.2) is 58.3 Å². The van der Waals surface area contributed by atoms with Crippen molar-refractivity contribution in [1.82, 2.24) is 0 Å². The Bertz CT molecular complexity index is 771. The molecule has 0 unspecified atom stereocenters. The van der Waals surface area contributed by atoms with Crippen molar-refractivity contribution >= 4 is 39.5 Å². The summed E-state index contributed by atoms with van der Waals surface area (Å²) in [5.74, 6) is -0.451. The monoisotopic (exact) mass is 384 g/mol. The minimum Gasteiger partial charge on any atom is -0.219 e. The third-order valence-corrected chi connectivity index (χ3v) is 4.24. The van der Waals surface area contributed by atoms with Gasteiger partial charge in [0.05, 0.1) is 9.79 Å². The molecule has 0 aliphatic heterocycles. The Morgan fingerprint density at radius 1 is 0.773 bits per heavy atom. The number of sulfone groups is 1. The van der Waals surface area contributed by atoms with Crippen LogP contribution in [-0.2, 0) is 18.1 Å². The second-order valence-electron chi connectivity index (χ2n) is 4.15. The predicted octanol–water partition coefficient (Wildman–Crippen LogP) is 3.68. The van der Waals surface area contributed by atoms with E-state index < -0.39 is 23.9 Å². The molecule has 0 spiro atoms. The number of hydrogen-bond acceptors (Lipinski definition) is 4. The predicted molar refractivity (Wildman–Crippen MR) is 83.7 cm³/mol. The van der Waals surface area contributed by atoms with E-state index >= 15 is 0 Å². The van der Waals surface area contributed by atoms with Crippen molar-refractivity contribution in [3.05, 3.63) is 59.9 Å². The van der Waals surface area contributed by atoms with E-state index in [9.17, 15) is 12.8 Å². The van der Waals surface area contributed by atoms with E-state index in [2.05, 4.69) is 21.4 Å². The highest BCUT2D eigenvalue weighted by molar-refractivity contribution is 8.31. The maximum Gasteiger partial charge on any atom is 0.317 e. The second kappa shape index (κ2) is 7.41. The van der Waals surface area contributed by atoms with Crippen molar-refractivity contribution in [2.24, 2.45) is 0 Å². The number of hydrogen-bond donors (Lipinski definition) is 0. The fraction of sp³-hybridized carbons (Fsp3) is 0.0769. The van der Waals surface area contributed by atoms with Crippen LogP contribution in [0.4, 0.5) is 4.39 Å². The highest BCUT2D eigenvalue weighted by atomic mass is 36.0. The quantitative estimate of drug-likeness (QED) is 0.584. The highest BCUT2D eigenvalue weighted by Crippen LogP contribution is 2.21. The zero-order chi connectivity index (χ0) is 17.0. The zero-order valence-electron chi connectivity index (χ0n) is 11.2. The lowest BCUT2D eigenvalue weighted by Gasteiger charge is -2.04. The Labute approximate surface area is 137 Å². The lowest BCUT2D eigenvalue weighted by atomic mass is 10.2. The van der Waals surface area contributed by atoms with Gasteiger partial charge in [-0.1, -0.05) is 17.7 Å². The van der Waals surface area contributed by atoms with Crippen molar-refractivity contribution in [1.29, 1.82) is 0 Å². The first-order valence-electron chi connectivity index (χ1n) is 5.72. The van der Waals surface area contributed by atoms with Crippen molar-refractivity contribution < 1.29 is 21.2 Å². The lowest BCUT2D eigenvalue weighted by molar-refractivity contribution is 0.594. The SMILES string of the molecule is Cc1ccc(S(=O)(=O)c2ccc(F)cc2)cc1.O=S(=O)(Cl)Cl. The lowest BCUT2D eigenvalue weighted by Crippen LogP contribution is -2.01. The summed E-state index contributed by atoms with van der Waals surface area (Å²) in [4.78, 5) is 0.317. The Morgan fingerprint density at radius 2 is 1.09 bits per heavy atom. The van der Waals surface area contributed by atoms with Crippen molar-refractivity contribution in [2.45, 2.75) is 16.7 Å². The molecule has 4 nitrogen and oxygen atoms in total. The summed E-state index contributed by atoms with van der Waals surface area (Å²) in [6, 6.07) is 11.4. The average molecular weight is 385 g/mol. The maximum atomic E-state index is 12.7. The van der Waals surface area contributed by atoms with Crippen LogP contribution in [0.1, 0.15) is 5.56 Å². The molecule has 0 aliphatic rings. The number of aryl methyl sites for hydroxylation is 1. The summed E-state index contributed by atoms with van der Waals surface area (Å²) in [7, 11) is 1.27. The molecule has 0 saturated carbocycles. The molecule has 0 saturated heterocycles. The number of rotatable bonds is 2. The van der Waals surface area contributed by atoms with Crippen LogP contribution in [0.2, 0.25) is 0 Å². The van der Waals surface area contributed by atoms with E-state index in [0.29, 0.717) is 0 Å². The molecule has 0 aliphatic carbocycles. The van der Waals surface area contributed by atoms with Crippen LogP contribution in [0.5, 0.6) is 0 Å². The minimum atomic E-state index is -3.72. The van der Waals surface area contributed by atoms with Gasteiger partial charge in [-0.2, -0.15) is 8.42 Å². The van der Waals surface area contributed by atoms with E-state index in [-0.39, 0.29) is 9.79 Å². The summed E-state index contributed by atoms with van der Waals surface area (Å²) in [5.41, 5.74) is 0.989. The van der Waals surface area contributed by atoms with Gasteiger partial charge < -0.3 is 0 Å². The Kier molecular flexibility index (Phi) is 6.37. The molecular weight excluding hydrogens is 374 g/mol. The fourth-order valence-electron chi connectivity index (χ4n) is 1.47. The van der Waals surface area contributed by atoms with Gasteiger partial charge in [-0.3, -0.25) is 0 Å². The first-order valence-corrected chi connectivity index (χ1v) is 10.3. The summed E-state index contributed by atoms with van der Waals surface area (Å²) >= 11 is 0. The molecule has 0 radical (unpaired) electrons. The third kappa shape index (κ3) is 6.31. The van der Waals surface area contributed by atoms with Gasteiger partial charge in [0.2, 0.25) is 9.84 Å². The Hall–Kier alpha value is -1.15. The van der Waals surface area contributed by atoms with Crippen LogP contribution in [0, 0.1) is 12.7 Å². The van der Waals surface area contributed by atoms with Gasteiger partial charge in [0.15, 0.2) is 0 Å². The molecule has 0 atom stereocenters. The summed E-state index contributed by atoms with van der Waals surface area (Å²) < 4.78 is 55.3. The van der Waals surface area contributed by atoms with Crippen LogP contribution in [-0.4, -0.2) is 16.8 Å². The topological polar surface area (TPSA) is 68.3 Å². The molecule has 0 aromatic heterocycles. The molecule has 9 heteroatoms. The van der Waals surface area contributed by atoms with Gasteiger partial charge in [0.25, 0.3) is 0 Å². The van der Waals surface area contributed by atoms with Gasteiger partial charge in [-0.25, -0.2) is 12.8 Å². The average Bonchev–Trinajstić information content (AvgIpc) is 2.38. The zero-order valence-corrected chi connectivity index (χ0v) is 14.3. The van der Waals surface area contributed by atoms with E-state index in [4.69, 9.17) is 8.42 Å². The number of halogens is 3. The van der Waals surface area contributed by atoms with E-state index in [1.54, 1.807) is 24.3 Å². The molecule has 2 rings (SSSR count). The first kappa shape index (κ1) is 18.9. The summed E-state index contributed by atoms with van der Waals surface area (Å²) in [5, 5.41) is 0. The van der Waals surface area contributed by atoms with Crippen LogP contribution in [0.25, 0.3) is 0 Å². The molecule has 120 valence electrons.